The Kier molecular flexibility index (Phi) is 7.81. The number of aliphatic imine (C=N–C) groups is 1. The predicted molar refractivity (Wildman–Crippen MR) is 110 cm³/mol. The molecule has 0 unspecified atom stereocenters. The van der Waals surface area contributed by atoms with Gasteiger partial charge in [-0.1, -0.05) is 30.3 Å². The third kappa shape index (κ3) is 6.31. The number of ether oxygens (including phenoxy) is 1. The van der Waals surface area contributed by atoms with E-state index in [0.29, 0.717) is 13.1 Å². The molecule has 3 rings (SSSR count). The van der Waals surface area contributed by atoms with Crippen molar-refractivity contribution >= 4 is 5.96 Å². The lowest BCUT2D eigenvalue weighted by atomic mass is 10.2. The summed E-state index contributed by atoms with van der Waals surface area (Å²) in [6, 6.07) is 10.3. The zero-order valence-electron chi connectivity index (χ0n) is 16.9. The van der Waals surface area contributed by atoms with Crippen LogP contribution in [-0.2, 0) is 24.9 Å². The smallest absolute Gasteiger partial charge is 0.191 e. The lowest BCUT2D eigenvalue weighted by Crippen LogP contribution is -2.40. The van der Waals surface area contributed by atoms with E-state index in [9.17, 15) is 0 Å². The predicted octanol–water partition coefficient (Wildman–Crippen LogP) is 1.08. The fraction of sp³-hybridized carbons (Fsp3) is 0.550. The van der Waals surface area contributed by atoms with E-state index in [1.54, 1.807) is 0 Å². The highest BCUT2D eigenvalue weighted by Gasteiger charge is 2.10. The molecule has 2 heterocycles. The van der Waals surface area contributed by atoms with Crippen LogP contribution in [0.5, 0.6) is 0 Å². The summed E-state index contributed by atoms with van der Waals surface area (Å²) in [5, 5.41) is 15.2. The summed E-state index contributed by atoms with van der Waals surface area (Å²) in [7, 11) is 1.98. The zero-order chi connectivity index (χ0) is 19.6. The molecule has 1 aromatic heterocycles. The number of benzene rings is 1. The number of morpholine rings is 1. The van der Waals surface area contributed by atoms with Crippen LogP contribution in [0, 0.1) is 6.92 Å². The first-order valence-corrected chi connectivity index (χ1v) is 9.93. The molecule has 152 valence electrons. The van der Waals surface area contributed by atoms with Gasteiger partial charge in [-0.3, -0.25) is 4.90 Å². The van der Waals surface area contributed by atoms with Crippen molar-refractivity contribution < 1.29 is 4.74 Å². The lowest BCUT2D eigenvalue weighted by Gasteiger charge is -2.26. The van der Waals surface area contributed by atoms with Crippen LogP contribution < -0.4 is 10.6 Å². The highest BCUT2D eigenvalue weighted by Crippen LogP contribution is 2.01. The quantitative estimate of drug-likeness (QED) is 0.402. The van der Waals surface area contributed by atoms with Crippen LogP contribution in [0.1, 0.15) is 23.6 Å². The van der Waals surface area contributed by atoms with Crippen molar-refractivity contribution in [2.24, 2.45) is 12.0 Å². The van der Waals surface area contributed by atoms with Gasteiger partial charge in [-0.15, -0.1) is 10.2 Å². The van der Waals surface area contributed by atoms with Crippen LogP contribution in [0.2, 0.25) is 0 Å². The molecular weight excluding hydrogens is 354 g/mol. The second kappa shape index (κ2) is 10.8. The van der Waals surface area contributed by atoms with E-state index < -0.39 is 0 Å². The summed E-state index contributed by atoms with van der Waals surface area (Å²) in [4.78, 5) is 7.18. The summed E-state index contributed by atoms with van der Waals surface area (Å²) >= 11 is 0. The Bertz CT molecular complexity index is 738. The molecule has 0 bridgehead atoms. The first-order chi connectivity index (χ1) is 13.7. The summed E-state index contributed by atoms with van der Waals surface area (Å²) in [5.41, 5.74) is 1.19. The Balaban J connectivity index is 1.51. The molecule has 8 heteroatoms. The van der Waals surface area contributed by atoms with Crippen molar-refractivity contribution in [2.75, 3.05) is 39.4 Å². The van der Waals surface area contributed by atoms with E-state index in [0.717, 1.165) is 63.4 Å². The number of guanidine groups is 1. The number of aryl methyl sites for hydroxylation is 1. The molecule has 1 aliphatic heterocycles. The van der Waals surface area contributed by atoms with Crippen molar-refractivity contribution in [2.45, 2.75) is 26.4 Å². The Morgan fingerprint density at radius 1 is 1.14 bits per heavy atom. The van der Waals surface area contributed by atoms with E-state index in [2.05, 4.69) is 37.9 Å². The van der Waals surface area contributed by atoms with Gasteiger partial charge in [-0.2, -0.15) is 0 Å². The van der Waals surface area contributed by atoms with E-state index >= 15 is 0 Å². The lowest BCUT2D eigenvalue weighted by molar-refractivity contribution is 0.0376. The Morgan fingerprint density at radius 2 is 1.93 bits per heavy atom. The van der Waals surface area contributed by atoms with Gasteiger partial charge < -0.3 is 19.9 Å². The average molecular weight is 386 g/mol. The minimum Gasteiger partial charge on any atom is -0.379 e. The summed E-state index contributed by atoms with van der Waals surface area (Å²) < 4.78 is 7.39. The molecule has 0 spiro atoms. The zero-order valence-corrected chi connectivity index (χ0v) is 16.9. The molecule has 1 fully saturated rings. The van der Waals surface area contributed by atoms with Crippen molar-refractivity contribution in [1.29, 1.82) is 0 Å². The van der Waals surface area contributed by atoms with Crippen LogP contribution >= 0.6 is 0 Å². The maximum Gasteiger partial charge on any atom is 0.191 e. The molecule has 8 nitrogen and oxygen atoms in total. The van der Waals surface area contributed by atoms with Crippen LogP contribution in [0.25, 0.3) is 0 Å². The number of rotatable bonds is 8. The third-order valence-electron chi connectivity index (χ3n) is 4.91. The third-order valence-corrected chi connectivity index (χ3v) is 4.91. The molecule has 2 N–H and O–H groups in total. The largest absolute Gasteiger partial charge is 0.379 e. The van der Waals surface area contributed by atoms with Crippen LogP contribution in [0.15, 0.2) is 35.3 Å². The van der Waals surface area contributed by atoms with Crippen molar-refractivity contribution in [3.05, 3.63) is 47.5 Å². The second-order valence-corrected chi connectivity index (χ2v) is 6.96. The van der Waals surface area contributed by atoms with Crippen LogP contribution in [0.4, 0.5) is 0 Å². The minimum absolute atomic E-state index is 0.585. The summed E-state index contributed by atoms with van der Waals surface area (Å²) in [6.07, 6.45) is 1.06. The second-order valence-electron chi connectivity index (χ2n) is 6.96. The highest BCUT2D eigenvalue weighted by atomic mass is 16.5. The molecule has 0 saturated carbocycles. The first kappa shape index (κ1) is 20.3. The SMILES string of the molecule is Cc1nnc(CNC(=NCc2ccccc2)NCCCN2CCOCC2)n1C. The molecule has 0 aliphatic carbocycles. The molecule has 0 amide bonds. The molecule has 0 atom stereocenters. The van der Waals surface area contributed by atoms with Gasteiger partial charge in [0, 0.05) is 26.7 Å². The number of nitrogens with zero attached hydrogens (tertiary/aromatic N) is 5. The molecule has 1 aromatic carbocycles. The van der Waals surface area contributed by atoms with E-state index in [-0.39, 0.29) is 0 Å². The summed E-state index contributed by atoms with van der Waals surface area (Å²) in [5.74, 6) is 2.59. The standard InChI is InChI=1S/C20H31N7O/c1-17-24-25-19(26(17)2)16-23-20(22-15-18-7-4-3-5-8-18)21-9-6-10-27-11-13-28-14-12-27/h3-5,7-8H,6,9-16H2,1-2H3,(H2,21,22,23). The van der Waals surface area contributed by atoms with Crippen molar-refractivity contribution in [3.8, 4) is 0 Å². The van der Waals surface area contributed by atoms with Gasteiger partial charge in [0.05, 0.1) is 26.3 Å². The first-order valence-electron chi connectivity index (χ1n) is 9.93. The topological polar surface area (TPSA) is 79.6 Å². The van der Waals surface area contributed by atoms with E-state index in [1.165, 1.54) is 5.56 Å². The Labute approximate surface area is 167 Å². The maximum absolute atomic E-state index is 5.40. The molecule has 1 saturated heterocycles. The van der Waals surface area contributed by atoms with Crippen molar-refractivity contribution in [3.63, 3.8) is 0 Å². The molecule has 1 aliphatic rings. The fourth-order valence-electron chi connectivity index (χ4n) is 3.03. The van der Waals surface area contributed by atoms with Gasteiger partial charge in [0.2, 0.25) is 0 Å². The number of nitrogens with one attached hydrogen (secondary N) is 2. The summed E-state index contributed by atoms with van der Waals surface area (Å²) in [6.45, 7) is 8.85. The number of hydrogen-bond acceptors (Lipinski definition) is 5. The van der Waals surface area contributed by atoms with Gasteiger partial charge in [0.15, 0.2) is 11.8 Å². The number of hydrogen-bond donors (Lipinski definition) is 2. The monoisotopic (exact) mass is 385 g/mol. The fourth-order valence-corrected chi connectivity index (χ4v) is 3.03. The van der Waals surface area contributed by atoms with E-state index in [1.807, 2.05) is 36.7 Å². The molecule has 2 aromatic rings. The molecular formula is C20H31N7O. The van der Waals surface area contributed by atoms with E-state index in [4.69, 9.17) is 9.73 Å². The van der Waals surface area contributed by atoms with Gasteiger partial charge in [-0.25, -0.2) is 4.99 Å². The van der Waals surface area contributed by atoms with Crippen molar-refractivity contribution in [1.82, 2.24) is 30.3 Å². The number of aromatic nitrogens is 3. The Hall–Kier alpha value is -2.45. The Morgan fingerprint density at radius 3 is 2.64 bits per heavy atom. The van der Waals surface area contributed by atoms with Crippen LogP contribution in [-0.4, -0.2) is 65.0 Å². The average Bonchev–Trinajstić information content (AvgIpc) is 3.06. The highest BCUT2D eigenvalue weighted by molar-refractivity contribution is 5.79. The van der Waals surface area contributed by atoms with Gasteiger partial charge in [0.25, 0.3) is 0 Å². The normalized spacial score (nSPS) is 15.6. The molecule has 28 heavy (non-hydrogen) atoms. The van der Waals surface area contributed by atoms with Gasteiger partial charge in [-0.05, 0) is 25.5 Å². The van der Waals surface area contributed by atoms with Crippen LogP contribution in [0.3, 0.4) is 0 Å². The van der Waals surface area contributed by atoms with Gasteiger partial charge >= 0.3 is 0 Å². The minimum atomic E-state index is 0.585. The van der Waals surface area contributed by atoms with Gasteiger partial charge in [0.1, 0.15) is 5.82 Å². The maximum atomic E-state index is 5.40. The molecule has 0 radical (unpaired) electrons.